The van der Waals surface area contributed by atoms with Crippen LogP contribution in [0.15, 0.2) is 30.3 Å². The van der Waals surface area contributed by atoms with Crippen molar-refractivity contribution in [3.63, 3.8) is 0 Å². The van der Waals surface area contributed by atoms with Crippen molar-refractivity contribution in [2.75, 3.05) is 50.1 Å². The summed E-state index contributed by atoms with van der Waals surface area (Å²) in [4.78, 5) is 41.6. The number of thiophene rings is 1. The third-order valence-corrected chi connectivity index (χ3v) is 6.87. The minimum absolute atomic E-state index is 0.0445. The summed E-state index contributed by atoms with van der Waals surface area (Å²) in [5, 5.41) is 5.36. The van der Waals surface area contributed by atoms with E-state index in [0.717, 1.165) is 11.3 Å². The van der Waals surface area contributed by atoms with Crippen LogP contribution in [0.25, 0.3) is 0 Å². The van der Waals surface area contributed by atoms with Gasteiger partial charge in [-0.3, -0.25) is 19.3 Å². The Morgan fingerprint density at radius 3 is 2.57 bits per heavy atom. The molecule has 2 aromatic rings. The van der Waals surface area contributed by atoms with Gasteiger partial charge < -0.3 is 20.3 Å². The second-order valence-corrected chi connectivity index (χ2v) is 11.7. The van der Waals surface area contributed by atoms with E-state index < -0.39 is 23.9 Å². The van der Waals surface area contributed by atoms with E-state index in [1.165, 1.54) is 23.1 Å². The van der Waals surface area contributed by atoms with E-state index in [2.05, 4.69) is 10.6 Å². The second-order valence-electron chi connectivity index (χ2n) is 9.96. The minimum atomic E-state index is -2.89. The second kappa shape index (κ2) is 12.3. The molecule has 0 saturated carbocycles. The van der Waals surface area contributed by atoms with Gasteiger partial charge in [0.15, 0.2) is 0 Å². The summed E-state index contributed by atoms with van der Waals surface area (Å²) in [6.45, 7) is 6.92. The molecule has 0 radical (unpaired) electrons. The van der Waals surface area contributed by atoms with E-state index in [4.69, 9.17) is 16.3 Å². The number of hydrogen-bond donors (Lipinski definition) is 2. The molecule has 0 aliphatic carbocycles. The molecular formula is C25H31ClF2N4O4S. The molecule has 1 aromatic carbocycles. The number of anilines is 2. The van der Waals surface area contributed by atoms with E-state index >= 15 is 0 Å². The number of amides is 3. The van der Waals surface area contributed by atoms with Gasteiger partial charge in [-0.15, -0.1) is 11.3 Å². The van der Waals surface area contributed by atoms with E-state index in [9.17, 15) is 23.2 Å². The molecule has 1 fully saturated rings. The highest BCUT2D eigenvalue weighted by Crippen LogP contribution is 2.32. The summed E-state index contributed by atoms with van der Waals surface area (Å²) in [5.41, 5.74) is -0.321. The Bertz CT molecular complexity index is 1140. The summed E-state index contributed by atoms with van der Waals surface area (Å²) < 4.78 is 33.6. The highest BCUT2D eigenvalue weighted by atomic mass is 35.5. The van der Waals surface area contributed by atoms with Crippen molar-refractivity contribution in [2.24, 2.45) is 5.41 Å². The van der Waals surface area contributed by atoms with Crippen LogP contribution in [-0.2, 0) is 14.3 Å². The number of alkyl halides is 2. The number of carbonyl (C=O) groups excluding carboxylic acids is 3. The molecule has 1 aliphatic heterocycles. The smallest absolute Gasteiger partial charge is 0.265 e. The SMILES string of the molecule is CN(CC(C)(C)C)[C@@H](CNC(=O)c1ccc(Cl)s1)C(=O)Nc1ccc(N2CCOCC2=O)cc1C(F)F. The van der Waals surface area contributed by atoms with Crippen molar-refractivity contribution in [3.05, 3.63) is 45.1 Å². The fourth-order valence-electron chi connectivity index (χ4n) is 4.04. The van der Waals surface area contributed by atoms with Crippen LogP contribution in [0.1, 0.15) is 42.4 Å². The summed E-state index contributed by atoms with van der Waals surface area (Å²) in [5.74, 6) is -1.25. The normalized spacial score (nSPS) is 15.3. The first-order valence-electron chi connectivity index (χ1n) is 11.7. The predicted molar refractivity (Wildman–Crippen MR) is 141 cm³/mol. The van der Waals surface area contributed by atoms with Crippen LogP contribution in [0, 0.1) is 5.41 Å². The molecule has 1 saturated heterocycles. The fourth-order valence-corrected chi connectivity index (χ4v) is 5.00. The number of ether oxygens (including phenoxy) is 1. The predicted octanol–water partition coefficient (Wildman–Crippen LogP) is 4.42. The van der Waals surface area contributed by atoms with Crippen molar-refractivity contribution < 1.29 is 27.9 Å². The Balaban J connectivity index is 1.81. The standard InChI is InChI=1S/C25H31ClF2N4O4S/c1-25(2,3)14-31(4)18(12-29-24(35)19-7-8-20(26)37-19)23(34)30-17-6-5-15(11-16(17)22(27)28)32-9-10-36-13-21(32)33/h5-8,11,18,22H,9-10,12-14H2,1-4H3,(H,29,35)(H,30,34)/t18-/m0/s1. The van der Waals surface area contributed by atoms with Gasteiger partial charge in [0.25, 0.3) is 18.2 Å². The third kappa shape index (κ3) is 7.94. The van der Waals surface area contributed by atoms with E-state index in [1.807, 2.05) is 20.8 Å². The van der Waals surface area contributed by atoms with E-state index in [0.29, 0.717) is 28.1 Å². The van der Waals surface area contributed by atoms with Gasteiger partial charge in [0.05, 0.1) is 15.8 Å². The maximum atomic E-state index is 14.0. The average molecular weight is 557 g/mol. The Kier molecular flexibility index (Phi) is 9.63. The Morgan fingerprint density at radius 1 is 1.24 bits per heavy atom. The molecule has 2 heterocycles. The Hall–Kier alpha value is -2.60. The number of hydrogen-bond acceptors (Lipinski definition) is 6. The molecule has 12 heteroatoms. The molecular weight excluding hydrogens is 526 g/mol. The van der Waals surface area contributed by atoms with Gasteiger partial charge in [-0.2, -0.15) is 0 Å². The number of benzene rings is 1. The topological polar surface area (TPSA) is 91.0 Å². The molecule has 202 valence electrons. The van der Waals surface area contributed by atoms with Crippen molar-refractivity contribution >= 4 is 52.0 Å². The fraction of sp³-hybridized carbons (Fsp3) is 0.480. The van der Waals surface area contributed by atoms with Crippen LogP contribution < -0.4 is 15.5 Å². The van der Waals surface area contributed by atoms with Gasteiger partial charge in [-0.1, -0.05) is 32.4 Å². The maximum absolute atomic E-state index is 14.0. The van der Waals surface area contributed by atoms with Gasteiger partial charge in [-0.05, 0) is 42.8 Å². The molecule has 2 N–H and O–H groups in total. The van der Waals surface area contributed by atoms with Crippen LogP contribution in [0.4, 0.5) is 20.2 Å². The van der Waals surface area contributed by atoms with Crippen molar-refractivity contribution in [1.29, 1.82) is 0 Å². The van der Waals surface area contributed by atoms with Crippen molar-refractivity contribution in [1.82, 2.24) is 10.2 Å². The van der Waals surface area contributed by atoms with Gasteiger partial charge in [0.1, 0.15) is 12.6 Å². The zero-order chi connectivity index (χ0) is 27.3. The number of halogens is 3. The molecule has 0 spiro atoms. The number of rotatable bonds is 9. The van der Waals surface area contributed by atoms with Crippen molar-refractivity contribution in [2.45, 2.75) is 33.2 Å². The quantitative estimate of drug-likeness (QED) is 0.477. The molecule has 1 aliphatic rings. The highest BCUT2D eigenvalue weighted by molar-refractivity contribution is 7.18. The first-order chi connectivity index (χ1) is 17.4. The first-order valence-corrected chi connectivity index (χ1v) is 12.9. The van der Waals surface area contributed by atoms with Gasteiger partial charge in [-0.25, -0.2) is 8.78 Å². The summed E-state index contributed by atoms with van der Waals surface area (Å²) in [6.07, 6.45) is -2.89. The molecule has 37 heavy (non-hydrogen) atoms. The van der Waals surface area contributed by atoms with Crippen LogP contribution >= 0.6 is 22.9 Å². The molecule has 1 atom stereocenters. The Labute approximate surface area is 223 Å². The van der Waals surface area contributed by atoms with Gasteiger partial charge in [0, 0.05) is 36.6 Å². The zero-order valence-corrected chi connectivity index (χ0v) is 22.7. The lowest BCUT2D eigenvalue weighted by Gasteiger charge is -2.33. The van der Waals surface area contributed by atoms with E-state index in [1.54, 1.807) is 24.1 Å². The van der Waals surface area contributed by atoms with Crippen LogP contribution in [0.5, 0.6) is 0 Å². The molecule has 0 bridgehead atoms. The molecule has 0 unspecified atom stereocenters. The molecule has 1 aromatic heterocycles. The summed E-state index contributed by atoms with van der Waals surface area (Å²) in [7, 11) is 1.74. The number of likely N-dealkylation sites (N-methyl/N-ethyl adjacent to an activating group) is 1. The van der Waals surface area contributed by atoms with Gasteiger partial charge in [0.2, 0.25) is 5.91 Å². The zero-order valence-electron chi connectivity index (χ0n) is 21.1. The average Bonchev–Trinajstić information content (AvgIpc) is 3.25. The lowest BCUT2D eigenvalue weighted by atomic mass is 9.95. The molecule has 3 rings (SSSR count). The molecule has 8 nitrogen and oxygen atoms in total. The monoisotopic (exact) mass is 556 g/mol. The maximum Gasteiger partial charge on any atom is 0.265 e. The van der Waals surface area contributed by atoms with E-state index in [-0.39, 0.29) is 42.6 Å². The number of morpholine rings is 1. The largest absolute Gasteiger partial charge is 0.370 e. The van der Waals surface area contributed by atoms with Crippen LogP contribution in [0.2, 0.25) is 4.34 Å². The lowest BCUT2D eigenvalue weighted by Crippen LogP contribution is -2.51. The van der Waals surface area contributed by atoms with Gasteiger partial charge >= 0.3 is 0 Å². The summed E-state index contributed by atoms with van der Waals surface area (Å²) in [6, 6.07) is 6.44. The van der Waals surface area contributed by atoms with Crippen LogP contribution in [0.3, 0.4) is 0 Å². The lowest BCUT2D eigenvalue weighted by molar-refractivity contribution is -0.125. The number of nitrogens with one attached hydrogen (secondary N) is 2. The number of carbonyl (C=O) groups is 3. The first kappa shape index (κ1) is 29.0. The highest BCUT2D eigenvalue weighted by Gasteiger charge is 2.29. The van der Waals surface area contributed by atoms with Crippen molar-refractivity contribution in [3.8, 4) is 0 Å². The summed E-state index contributed by atoms with van der Waals surface area (Å²) >= 11 is 7.03. The third-order valence-electron chi connectivity index (χ3n) is 5.64. The Morgan fingerprint density at radius 2 is 1.97 bits per heavy atom. The van der Waals surface area contributed by atoms with Crippen LogP contribution in [-0.4, -0.2) is 68.6 Å². The minimum Gasteiger partial charge on any atom is -0.370 e. The molecule has 3 amide bonds. The number of nitrogens with zero attached hydrogens (tertiary/aromatic N) is 2.